The lowest BCUT2D eigenvalue weighted by Gasteiger charge is -2.12. The van der Waals surface area contributed by atoms with E-state index in [0.717, 1.165) is 0 Å². The van der Waals surface area contributed by atoms with Crippen LogP contribution in [0.1, 0.15) is 11.1 Å². The van der Waals surface area contributed by atoms with Gasteiger partial charge < -0.3 is 5.11 Å². The molecule has 5 nitrogen and oxygen atoms in total. The first-order chi connectivity index (χ1) is 9.45. The van der Waals surface area contributed by atoms with Gasteiger partial charge in [-0.1, -0.05) is 23.7 Å². The van der Waals surface area contributed by atoms with Crippen molar-refractivity contribution in [2.75, 3.05) is 4.72 Å². The predicted octanol–water partition coefficient (Wildman–Crippen LogP) is 2.34. The SMILES string of the molecule is Cc1c(CO)cccc1S(=O)(=O)Nc1ncccc1Cl. The van der Waals surface area contributed by atoms with E-state index in [2.05, 4.69) is 9.71 Å². The maximum atomic E-state index is 12.4. The van der Waals surface area contributed by atoms with E-state index in [-0.39, 0.29) is 22.3 Å². The van der Waals surface area contributed by atoms with Crippen molar-refractivity contribution in [3.8, 4) is 0 Å². The van der Waals surface area contributed by atoms with Crippen LogP contribution < -0.4 is 4.72 Å². The largest absolute Gasteiger partial charge is 0.392 e. The number of hydrogen-bond acceptors (Lipinski definition) is 4. The molecule has 0 spiro atoms. The maximum Gasteiger partial charge on any atom is 0.263 e. The first-order valence-electron chi connectivity index (χ1n) is 5.78. The number of pyridine rings is 1. The number of benzene rings is 1. The number of anilines is 1. The summed E-state index contributed by atoms with van der Waals surface area (Å²) in [5.74, 6) is 0.0722. The first kappa shape index (κ1) is 14.8. The number of sulfonamides is 1. The molecule has 0 atom stereocenters. The molecule has 106 valence electrons. The molecule has 2 rings (SSSR count). The van der Waals surface area contributed by atoms with E-state index in [1.807, 2.05) is 0 Å². The number of aliphatic hydroxyl groups excluding tert-OH is 1. The minimum absolute atomic E-state index is 0.0722. The molecule has 2 N–H and O–H groups in total. The minimum Gasteiger partial charge on any atom is -0.392 e. The number of nitrogens with zero attached hydrogens (tertiary/aromatic N) is 1. The fraction of sp³-hybridized carbons (Fsp3) is 0.154. The van der Waals surface area contributed by atoms with E-state index in [4.69, 9.17) is 11.6 Å². The highest BCUT2D eigenvalue weighted by Crippen LogP contribution is 2.24. The average Bonchev–Trinajstić information content (AvgIpc) is 2.41. The molecule has 0 amide bonds. The Morgan fingerprint density at radius 1 is 1.30 bits per heavy atom. The Morgan fingerprint density at radius 2 is 2.05 bits per heavy atom. The second-order valence-corrected chi connectivity index (χ2v) is 6.20. The summed E-state index contributed by atoms with van der Waals surface area (Å²) in [7, 11) is -3.81. The smallest absolute Gasteiger partial charge is 0.263 e. The van der Waals surface area contributed by atoms with E-state index < -0.39 is 10.0 Å². The van der Waals surface area contributed by atoms with Gasteiger partial charge in [0.1, 0.15) is 0 Å². The minimum atomic E-state index is -3.81. The number of rotatable bonds is 4. The molecule has 0 aliphatic heterocycles. The van der Waals surface area contributed by atoms with Crippen LogP contribution in [-0.2, 0) is 16.6 Å². The molecule has 0 bridgehead atoms. The van der Waals surface area contributed by atoms with Crippen molar-refractivity contribution in [3.63, 3.8) is 0 Å². The Labute approximate surface area is 122 Å². The summed E-state index contributed by atoms with van der Waals surface area (Å²) in [6.45, 7) is 1.42. The molecule has 0 fully saturated rings. The predicted molar refractivity (Wildman–Crippen MR) is 77.2 cm³/mol. The zero-order valence-electron chi connectivity index (χ0n) is 10.7. The van der Waals surface area contributed by atoms with Crippen molar-refractivity contribution < 1.29 is 13.5 Å². The van der Waals surface area contributed by atoms with Gasteiger partial charge in [0.25, 0.3) is 10.0 Å². The molecule has 1 heterocycles. The van der Waals surface area contributed by atoms with Crippen LogP contribution in [0.2, 0.25) is 5.02 Å². The fourth-order valence-corrected chi connectivity index (χ4v) is 3.31. The van der Waals surface area contributed by atoms with Crippen LogP contribution in [0, 0.1) is 6.92 Å². The van der Waals surface area contributed by atoms with Crippen LogP contribution in [0.25, 0.3) is 0 Å². The normalized spacial score (nSPS) is 11.3. The fourth-order valence-electron chi connectivity index (χ4n) is 1.77. The summed E-state index contributed by atoms with van der Waals surface area (Å²) in [6.07, 6.45) is 1.45. The van der Waals surface area contributed by atoms with Crippen LogP contribution in [-0.4, -0.2) is 18.5 Å². The van der Waals surface area contributed by atoms with Crippen LogP contribution in [0.4, 0.5) is 5.82 Å². The molecule has 0 aliphatic rings. The van der Waals surface area contributed by atoms with Crippen molar-refractivity contribution in [1.29, 1.82) is 0 Å². The van der Waals surface area contributed by atoms with Gasteiger partial charge in [0.05, 0.1) is 16.5 Å². The molecular formula is C13H13ClN2O3S. The maximum absolute atomic E-state index is 12.4. The van der Waals surface area contributed by atoms with Gasteiger partial charge in [-0.3, -0.25) is 4.72 Å². The van der Waals surface area contributed by atoms with E-state index in [0.29, 0.717) is 11.1 Å². The lowest BCUT2D eigenvalue weighted by atomic mass is 10.1. The third-order valence-corrected chi connectivity index (χ3v) is 4.63. The Balaban J connectivity index is 2.44. The van der Waals surface area contributed by atoms with Gasteiger partial charge in [-0.15, -0.1) is 0 Å². The average molecular weight is 313 g/mol. The van der Waals surface area contributed by atoms with E-state index in [9.17, 15) is 13.5 Å². The van der Waals surface area contributed by atoms with Gasteiger partial charge >= 0.3 is 0 Å². The molecular weight excluding hydrogens is 300 g/mol. The van der Waals surface area contributed by atoms with Crippen molar-refractivity contribution in [2.24, 2.45) is 0 Å². The Morgan fingerprint density at radius 3 is 2.70 bits per heavy atom. The Kier molecular flexibility index (Phi) is 4.27. The summed E-state index contributed by atoms with van der Waals surface area (Å²) < 4.78 is 27.0. The lowest BCUT2D eigenvalue weighted by molar-refractivity contribution is 0.280. The van der Waals surface area contributed by atoms with Gasteiger partial charge in [-0.05, 0) is 36.2 Å². The van der Waals surface area contributed by atoms with E-state index in [1.54, 1.807) is 31.2 Å². The van der Waals surface area contributed by atoms with E-state index >= 15 is 0 Å². The molecule has 20 heavy (non-hydrogen) atoms. The first-order valence-corrected chi connectivity index (χ1v) is 7.64. The zero-order chi connectivity index (χ0) is 14.8. The van der Waals surface area contributed by atoms with Gasteiger partial charge in [0.2, 0.25) is 0 Å². The van der Waals surface area contributed by atoms with Crippen molar-refractivity contribution in [2.45, 2.75) is 18.4 Å². The molecule has 0 saturated heterocycles. The van der Waals surface area contributed by atoms with Gasteiger partial charge in [-0.2, -0.15) is 0 Å². The van der Waals surface area contributed by atoms with Gasteiger partial charge in [0.15, 0.2) is 5.82 Å². The van der Waals surface area contributed by atoms with Gasteiger partial charge in [-0.25, -0.2) is 13.4 Å². The monoisotopic (exact) mass is 312 g/mol. The highest BCUT2D eigenvalue weighted by molar-refractivity contribution is 7.92. The summed E-state index contributed by atoms with van der Waals surface area (Å²) in [5.41, 5.74) is 1.05. The van der Waals surface area contributed by atoms with Crippen LogP contribution >= 0.6 is 11.6 Å². The lowest BCUT2D eigenvalue weighted by Crippen LogP contribution is -2.16. The van der Waals surface area contributed by atoms with Crippen molar-refractivity contribution in [1.82, 2.24) is 4.98 Å². The molecule has 2 aromatic rings. The molecule has 0 unspecified atom stereocenters. The molecule has 0 saturated carbocycles. The number of aliphatic hydroxyl groups is 1. The second-order valence-electron chi connectivity index (χ2n) is 4.14. The molecule has 0 aliphatic carbocycles. The third-order valence-electron chi connectivity index (χ3n) is 2.85. The molecule has 7 heteroatoms. The Bertz CT molecular complexity index is 732. The summed E-state index contributed by atoms with van der Waals surface area (Å²) in [5, 5.41) is 9.41. The van der Waals surface area contributed by atoms with Crippen molar-refractivity contribution >= 4 is 27.4 Å². The highest BCUT2D eigenvalue weighted by atomic mass is 35.5. The number of nitrogens with one attached hydrogen (secondary N) is 1. The topological polar surface area (TPSA) is 79.3 Å². The van der Waals surface area contributed by atoms with Crippen LogP contribution in [0.15, 0.2) is 41.4 Å². The Hall–Kier alpha value is -1.63. The highest BCUT2D eigenvalue weighted by Gasteiger charge is 2.19. The van der Waals surface area contributed by atoms with Crippen molar-refractivity contribution in [3.05, 3.63) is 52.7 Å². The van der Waals surface area contributed by atoms with Crippen LogP contribution in [0.3, 0.4) is 0 Å². The van der Waals surface area contributed by atoms with Gasteiger partial charge in [0, 0.05) is 6.20 Å². The van der Waals surface area contributed by atoms with Crippen LogP contribution in [0.5, 0.6) is 0 Å². The number of halogens is 1. The number of aromatic nitrogens is 1. The summed E-state index contributed by atoms with van der Waals surface area (Å²) >= 11 is 5.89. The zero-order valence-corrected chi connectivity index (χ0v) is 12.2. The molecule has 1 aromatic heterocycles. The third kappa shape index (κ3) is 2.92. The van der Waals surface area contributed by atoms with E-state index in [1.165, 1.54) is 12.3 Å². The second kappa shape index (κ2) is 5.78. The molecule has 1 aromatic carbocycles. The standard InChI is InChI=1S/C13H13ClN2O3S/c1-9-10(8-17)4-2-6-12(9)20(18,19)16-13-11(14)5-3-7-15-13/h2-7,17H,8H2,1H3,(H,15,16). The quantitative estimate of drug-likeness (QED) is 0.908. The summed E-state index contributed by atoms with van der Waals surface area (Å²) in [4.78, 5) is 3.98. The number of hydrogen-bond donors (Lipinski definition) is 2. The summed E-state index contributed by atoms with van der Waals surface area (Å²) in [6, 6.07) is 7.87. The molecule has 0 radical (unpaired) electrons.